The highest BCUT2D eigenvalue weighted by Gasteiger charge is 2.10. The number of aryl methyl sites for hydroxylation is 1. The van der Waals surface area contributed by atoms with Crippen molar-refractivity contribution in [1.29, 1.82) is 0 Å². The van der Waals surface area contributed by atoms with Gasteiger partial charge in [-0.1, -0.05) is 44.2 Å². The first kappa shape index (κ1) is 14.8. The number of rotatable bonds is 7. The van der Waals surface area contributed by atoms with Crippen LogP contribution in [0, 0.1) is 0 Å². The fourth-order valence-electron chi connectivity index (χ4n) is 2.42. The van der Waals surface area contributed by atoms with Gasteiger partial charge in [-0.05, 0) is 31.0 Å². The third kappa shape index (κ3) is 3.94. The molecule has 0 N–H and O–H groups in total. The maximum atomic E-state index is 4.41. The number of hydrogen-bond donors (Lipinski definition) is 0. The Bertz CT molecular complexity index is 504. The van der Waals surface area contributed by atoms with Crippen LogP contribution in [0.2, 0.25) is 0 Å². The Morgan fingerprint density at radius 1 is 1.25 bits per heavy atom. The normalized spacial score (nSPS) is 12.8. The molecule has 0 aliphatic heterocycles. The van der Waals surface area contributed by atoms with Crippen molar-refractivity contribution < 1.29 is 0 Å². The molecular weight excluding hydrogens is 246 g/mol. The monoisotopic (exact) mass is 271 g/mol. The van der Waals surface area contributed by atoms with Gasteiger partial charge in [-0.2, -0.15) is 0 Å². The second-order valence-corrected chi connectivity index (χ2v) is 5.42. The highest BCUT2D eigenvalue weighted by Crippen LogP contribution is 2.19. The quantitative estimate of drug-likeness (QED) is 0.769. The Labute approximate surface area is 122 Å². The van der Waals surface area contributed by atoms with Crippen LogP contribution >= 0.6 is 0 Å². The second-order valence-electron chi connectivity index (χ2n) is 5.42. The van der Waals surface area contributed by atoms with Gasteiger partial charge in [-0.25, -0.2) is 4.98 Å². The van der Waals surface area contributed by atoms with Crippen LogP contribution in [0.15, 0.2) is 42.7 Å². The highest BCUT2D eigenvalue weighted by molar-refractivity contribution is 5.18. The summed E-state index contributed by atoms with van der Waals surface area (Å²) in [5.74, 6) is 1.74. The molecule has 0 saturated carbocycles. The van der Waals surface area contributed by atoms with Crippen molar-refractivity contribution in [2.24, 2.45) is 7.05 Å². The minimum absolute atomic E-state index is 0.603. The number of aromatic nitrogens is 2. The summed E-state index contributed by atoms with van der Waals surface area (Å²) < 4.78 is 2.10. The molecular formula is C17H25N3. The molecule has 0 unspecified atom stereocenters. The first-order valence-electron chi connectivity index (χ1n) is 7.44. The fraction of sp³-hybridized carbons (Fsp3) is 0.471. The van der Waals surface area contributed by atoms with Gasteiger partial charge in [0.05, 0.1) is 6.54 Å². The minimum atomic E-state index is 0.603. The summed E-state index contributed by atoms with van der Waals surface area (Å²) in [7, 11) is 2.06. The molecule has 0 bridgehead atoms. The lowest BCUT2D eigenvalue weighted by molar-refractivity contribution is 0.261. The predicted molar refractivity (Wildman–Crippen MR) is 83.6 cm³/mol. The molecule has 1 aromatic heterocycles. The third-order valence-electron chi connectivity index (χ3n) is 3.98. The van der Waals surface area contributed by atoms with E-state index in [1.807, 2.05) is 12.4 Å². The molecule has 0 fully saturated rings. The SMILES string of the molecule is CCN(CC[C@H](C)c1ccccc1)Cc1nccn1C. The van der Waals surface area contributed by atoms with E-state index < -0.39 is 0 Å². The van der Waals surface area contributed by atoms with Gasteiger partial charge < -0.3 is 4.57 Å². The van der Waals surface area contributed by atoms with Crippen molar-refractivity contribution in [3.05, 3.63) is 54.1 Å². The molecule has 0 radical (unpaired) electrons. The molecule has 1 atom stereocenters. The van der Waals surface area contributed by atoms with Crippen molar-refractivity contribution in [1.82, 2.24) is 14.5 Å². The molecule has 3 heteroatoms. The van der Waals surface area contributed by atoms with Crippen molar-refractivity contribution in [3.8, 4) is 0 Å². The van der Waals surface area contributed by atoms with Gasteiger partial charge in [0.1, 0.15) is 5.82 Å². The summed E-state index contributed by atoms with van der Waals surface area (Å²) in [6.07, 6.45) is 5.06. The number of imidazole rings is 1. The lowest BCUT2D eigenvalue weighted by Crippen LogP contribution is -2.26. The first-order valence-corrected chi connectivity index (χ1v) is 7.44. The molecule has 0 spiro atoms. The maximum Gasteiger partial charge on any atom is 0.122 e. The van der Waals surface area contributed by atoms with Crippen molar-refractivity contribution >= 4 is 0 Å². The van der Waals surface area contributed by atoms with E-state index >= 15 is 0 Å². The Morgan fingerprint density at radius 2 is 2.00 bits per heavy atom. The molecule has 3 nitrogen and oxygen atoms in total. The summed E-state index contributed by atoms with van der Waals surface area (Å²) in [5, 5.41) is 0. The van der Waals surface area contributed by atoms with E-state index in [2.05, 4.69) is 65.7 Å². The maximum absolute atomic E-state index is 4.41. The van der Waals surface area contributed by atoms with Gasteiger partial charge >= 0.3 is 0 Å². The van der Waals surface area contributed by atoms with Gasteiger partial charge in [0.15, 0.2) is 0 Å². The third-order valence-corrected chi connectivity index (χ3v) is 3.98. The lowest BCUT2D eigenvalue weighted by Gasteiger charge is -2.22. The summed E-state index contributed by atoms with van der Waals surface area (Å²) in [4.78, 5) is 6.87. The molecule has 2 aromatic rings. The fourth-order valence-corrected chi connectivity index (χ4v) is 2.42. The Morgan fingerprint density at radius 3 is 2.60 bits per heavy atom. The Balaban J connectivity index is 1.86. The minimum Gasteiger partial charge on any atom is -0.337 e. The van der Waals surface area contributed by atoms with Crippen molar-refractivity contribution in [2.75, 3.05) is 13.1 Å². The van der Waals surface area contributed by atoms with Gasteiger partial charge in [-0.15, -0.1) is 0 Å². The van der Waals surface area contributed by atoms with Crippen LogP contribution < -0.4 is 0 Å². The molecule has 0 aliphatic carbocycles. The van der Waals surface area contributed by atoms with Gasteiger partial charge in [-0.3, -0.25) is 4.90 Å². The van der Waals surface area contributed by atoms with Crippen LogP contribution in [0.3, 0.4) is 0 Å². The molecule has 2 rings (SSSR count). The van der Waals surface area contributed by atoms with Crippen molar-refractivity contribution in [3.63, 3.8) is 0 Å². The Hall–Kier alpha value is -1.61. The number of nitrogens with zero attached hydrogens (tertiary/aromatic N) is 3. The van der Waals surface area contributed by atoms with Crippen molar-refractivity contribution in [2.45, 2.75) is 32.7 Å². The van der Waals surface area contributed by atoms with Gasteiger partial charge in [0.25, 0.3) is 0 Å². The predicted octanol–water partition coefficient (Wildman–Crippen LogP) is 3.44. The van der Waals surface area contributed by atoms with Gasteiger partial charge in [0.2, 0.25) is 0 Å². The topological polar surface area (TPSA) is 21.1 Å². The summed E-state index contributed by atoms with van der Waals surface area (Å²) in [6.45, 7) is 7.63. The smallest absolute Gasteiger partial charge is 0.122 e. The largest absolute Gasteiger partial charge is 0.337 e. The zero-order chi connectivity index (χ0) is 14.4. The van der Waals surface area contributed by atoms with E-state index in [9.17, 15) is 0 Å². The molecule has 1 aromatic carbocycles. The summed E-state index contributed by atoms with van der Waals surface area (Å²) in [5.41, 5.74) is 1.43. The van der Waals surface area contributed by atoms with E-state index in [-0.39, 0.29) is 0 Å². The Kier molecular flexibility index (Phi) is 5.36. The van der Waals surface area contributed by atoms with Crippen LogP contribution in [0.25, 0.3) is 0 Å². The summed E-state index contributed by atoms with van der Waals surface area (Å²) >= 11 is 0. The average Bonchev–Trinajstić information content (AvgIpc) is 2.89. The van der Waals surface area contributed by atoms with Crippen LogP contribution in [-0.4, -0.2) is 27.5 Å². The zero-order valence-electron chi connectivity index (χ0n) is 12.8. The molecule has 0 aliphatic rings. The second kappa shape index (κ2) is 7.25. The average molecular weight is 271 g/mol. The van der Waals surface area contributed by atoms with E-state index in [0.717, 1.165) is 25.5 Å². The van der Waals surface area contributed by atoms with E-state index in [1.165, 1.54) is 12.0 Å². The summed E-state index contributed by atoms with van der Waals surface area (Å²) in [6, 6.07) is 10.8. The van der Waals surface area contributed by atoms with E-state index in [1.54, 1.807) is 0 Å². The van der Waals surface area contributed by atoms with Crippen LogP contribution in [-0.2, 0) is 13.6 Å². The first-order chi connectivity index (χ1) is 9.70. The molecule has 20 heavy (non-hydrogen) atoms. The molecule has 0 amide bonds. The van der Waals surface area contributed by atoms with Crippen LogP contribution in [0.4, 0.5) is 0 Å². The standard InChI is InChI=1S/C17H25N3/c1-4-20(14-17-18-11-13-19(17)3)12-10-15(2)16-8-6-5-7-9-16/h5-9,11,13,15H,4,10,12,14H2,1-3H3/t15-/m0/s1. The number of hydrogen-bond acceptors (Lipinski definition) is 2. The molecule has 0 saturated heterocycles. The van der Waals surface area contributed by atoms with E-state index in [4.69, 9.17) is 0 Å². The number of benzene rings is 1. The molecule has 1 heterocycles. The van der Waals surface area contributed by atoms with Crippen LogP contribution in [0.5, 0.6) is 0 Å². The lowest BCUT2D eigenvalue weighted by atomic mass is 9.98. The highest BCUT2D eigenvalue weighted by atomic mass is 15.2. The zero-order valence-corrected chi connectivity index (χ0v) is 12.8. The molecule has 108 valence electrons. The van der Waals surface area contributed by atoms with Crippen LogP contribution in [0.1, 0.15) is 37.6 Å². The van der Waals surface area contributed by atoms with E-state index in [0.29, 0.717) is 5.92 Å². The van der Waals surface area contributed by atoms with Gasteiger partial charge in [0, 0.05) is 19.4 Å².